The minimum atomic E-state index is -0.436. The topological polar surface area (TPSA) is 0 Å². The predicted molar refractivity (Wildman–Crippen MR) is 125 cm³/mol. The molecule has 0 aliphatic rings. The zero-order chi connectivity index (χ0) is 18.3. The molecule has 0 fully saturated rings. The minimum Gasteiger partial charge on any atom is -0.456 e. The maximum absolute atomic E-state index is 2.29. The summed E-state index contributed by atoms with van der Waals surface area (Å²) >= 11 is 0. The van der Waals surface area contributed by atoms with Crippen molar-refractivity contribution in [3.05, 3.63) is 121 Å². The molecule has 0 nitrogen and oxygen atoms in total. The van der Waals surface area contributed by atoms with Gasteiger partial charge < -0.3 is 7.96 Å². The summed E-state index contributed by atoms with van der Waals surface area (Å²) in [5, 5.41) is 5.78. The zero-order valence-corrected chi connectivity index (χ0v) is 17.6. The fourth-order valence-electron chi connectivity index (χ4n) is 2.87. The molecule has 0 heterocycles. The summed E-state index contributed by atoms with van der Waals surface area (Å²) in [6, 6.07) is 44.0. The van der Waals surface area contributed by atoms with Crippen molar-refractivity contribution in [1.29, 1.82) is 0 Å². The summed E-state index contributed by atoms with van der Waals surface area (Å²) < 4.78 is 0. The largest absolute Gasteiger partial charge is 0.456 e. The van der Waals surface area contributed by atoms with Crippen molar-refractivity contribution in [2.24, 2.45) is 0 Å². The average Bonchev–Trinajstić information content (AvgIpc) is 2.77. The van der Waals surface area contributed by atoms with Crippen LogP contribution >= 0.6 is 23.2 Å². The van der Waals surface area contributed by atoms with E-state index in [0.29, 0.717) is 0 Å². The summed E-state index contributed by atoms with van der Waals surface area (Å²) in [7, 11) is 0.620. The van der Waals surface area contributed by atoms with E-state index >= 15 is 0 Å². The molecule has 0 amide bonds. The first-order valence-corrected chi connectivity index (χ1v) is 13.9. The Morgan fingerprint density at radius 3 is 0.778 bits per heavy atom. The fraction of sp³-hybridized carbons (Fsp3) is 0. The molecular formula is C24H20P3-. The van der Waals surface area contributed by atoms with Crippen molar-refractivity contribution < 1.29 is 0 Å². The van der Waals surface area contributed by atoms with Crippen LogP contribution in [0.25, 0.3) is 0 Å². The van der Waals surface area contributed by atoms with E-state index in [0.717, 1.165) is 0 Å². The second-order valence-corrected chi connectivity index (χ2v) is 14.1. The Kier molecular flexibility index (Phi) is 6.45. The maximum Gasteiger partial charge on any atom is -0.0490 e. The third-order valence-electron chi connectivity index (χ3n) is 4.18. The average molecular weight is 401 g/mol. The van der Waals surface area contributed by atoms with Gasteiger partial charge in [-0.05, 0) is 21.2 Å². The third kappa shape index (κ3) is 4.72. The highest BCUT2D eigenvalue weighted by atomic mass is 32.4. The monoisotopic (exact) mass is 401 g/mol. The van der Waals surface area contributed by atoms with Gasteiger partial charge in [-0.15, -0.1) is 0 Å². The Balaban J connectivity index is 1.77. The lowest BCUT2D eigenvalue weighted by Gasteiger charge is -2.41. The standard InChI is InChI=1S/C24H20P3/c1-5-13-21(14-6-1)26(22-15-7-2-8-16-22)25-27(23-17-9-3-10-18-23)24-19-11-4-12-20-24/h1-20H/q-1. The zero-order valence-electron chi connectivity index (χ0n) is 14.9. The highest BCUT2D eigenvalue weighted by molar-refractivity contribution is 8.59. The van der Waals surface area contributed by atoms with Crippen molar-refractivity contribution in [1.82, 2.24) is 0 Å². The summed E-state index contributed by atoms with van der Waals surface area (Å²) in [6.45, 7) is 0. The van der Waals surface area contributed by atoms with E-state index in [4.69, 9.17) is 0 Å². The van der Waals surface area contributed by atoms with Crippen LogP contribution in [0, 0.1) is 0 Å². The number of hydrogen-bond donors (Lipinski definition) is 0. The third-order valence-corrected chi connectivity index (χ3v) is 14.8. The van der Waals surface area contributed by atoms with E-state index in [1.54, 1.807) is 0 Å². The van der Waals surface area contributed by atoms with Crippen LogP contribution in [0.5, 0.6) is 0 Å². The molecule has 4 aromatic carbocycles. The first-order chi connectivity index (χ1) is 13.4. The van der Waals surface area contributed by atoms with Crippen LogP contribution < -0.4 is 21.2 Å². The van der Waals surface area contributed by atoms with Gasteiger partial charge in [0.2, 0.25) is 0 Å². The van der Waals surface area contributed by atoms with Crippen LogP contribution in [0.2, 0.25) is 0 Å². The molecule has 0 N–H and O–H groups in total. The Labute approximate surface area is 165 Å². The van der Waals surface area contributed by atoms with E-state index < -0.39 is 15.2 Å². The Morgan fingerprint density at radius 1 is 0.333 bits per heavy atom. The molecule has 0 saturated carbocycles. The lowest BCUT2D eigenvalue weighted by atomic mass is 10.4. The minimum absolute atomic E-state index is 0.436. The fourth-order valence-corrected chi connectivity index (χ4v) is 14.6. The van der Waals surface area contributed by atoms with Gasteiger partial charge in [-0.3, -0.25) is 0 Å². The van der Waals surface area contributed by atoms with Crippen LogP contribution in [-0.4, -0.2) is 0 Å². The predicted octanol–water partition coefficient (Wildman–Crippen LogP) is 6.03. The number of hydrogen-bond acceptors (Lipinski definition) is 0. The SMILES string of the molecule is c1ccc(P([P-]P(c2ccccc2)c2ccccc2)c2ccccc2)cc1. The Bertz CT molecular complexity index is 782. The molecule has 4 rings (SSSR count). The maximum atomic E-state index is 2.29. The molecular weight excluding hydrogens is 381 g/mol. The molecule has 0 atom stereocenters. The van der Waals surface area contributed by atoms with Gasteiger partial charge in [0, 0.05) is 0 Å². The van der Waals surface area contributed by atoms with Crippen molar-refractivity contribution >= 4 is 44.4 Å². The quantitative estimate of drug-likeness (QED) is 0.346. The van der Waals surface area contributed by atoms with Gasteiger partial charge in [-0.1, -0.05) is 121 Å². The lowest BCUT2D eigenvalue weighted by Crippen LogP contribution is -2.12. The summed E-state index contributed by atoms with van der Waals surface area (Å²) in [4.78, 5) is 0. The van der Waals surface area contributed by atoms with E-state index in [9.17, 15) is 0 Å². The number of rotatable bonds is 6. The van der Waals surface area contributed by atoms with Crippen molar-refractivity contribution in [3.8, 4) is 0 Å². The molecule has 0 aliphatic carbocycles. The van der Waals surface area contributed by atoms with Crippen LogP contribution in [0.4, 0.5) is 0 Å². The molecule has 3 heteroatoms. The highest BCUT2D eigenvalue weighted by Crippen LogP contribution is 2.71. The van der Waals surface area contributed by atoms with Crippen LogP contribution in [0.3, 0.4) is 0 Å². The second kappa shape index (κ2) is 9.39. The highest BCUT2D eigenvalue weighted by Gasteiger charge is 2.09. The van der Waals surface area contributed by atoms with Crippen molar-refractivity contribution in [2.75, 3.05) is 0 Å². The molecule has 0 radical (unpaired) electrons. The normalized spacial score (nSPS) is 11.0. The molecule has 0 aliphatic heterocycles. The van der Waals surface area contributed by atoms with Crippen LogP contribution in [0.1, 0.15) is 0 Å². The van der Waals surface area contributed by atoms with Gasteiger partial charge in [0.05, 0.1) is 0 Å². The molecule has 0 bridgehead atoms. The van der Waals surface area contributed by atoms with Gasteiger partial charge in [-0.2, -0.15) is 0 Å². The van der Waals surface area contributed by atoms with E-state index in [1.807, 2.05) is 0 Å². The van der Waals surface area contributed by atoms with Gasteiger partial charge in [0.15, 0.2) is 0 Å². The van der Waals surface area contributed by atoms with Crippen LogP contribution in [0.15, 0.2) is 121 Å². The van der Waals surface area contributed by atoms with Gasteiger partial charge >= 0.3 is 0 Å². The molecule has 0 saturated heterocycles. The first kappa shape index (κ1) is 18.5. The van der Waals surface area contributed by atoms with E-state index in [1.165, 1.54) is 29.2 Å². The van der Waals surface area contributed by atoms with Crippen molar-refractivity contribution in [3.63, 3.8) is 0 Å². The van der Waals surface area contributed by atoms with Crippen LogP contribution in [-0.2, 0) is 0 Å². The molecule has 0 spiro atoms. The van der Waals surface area contributed by atoms with Gasteiger partial charge in [-0.25, -0.2) is 15.2 Å². The summed E-state index contributed by atoms with van der Waals surface area (Å²) in [5.41, 5.74) is 0. The second-order valence-electron chi connectivity index (χ2n) is 6.06. The molecule has 132 valence electrons. The number of benzene rings is 4. The smallest absolute Gasteiger partial charge is 0.0490 e. The summed E-state index contributed by atoms with van der Waals surface area (Å²) in [5.74, 6) is 0. The van der Waals surface area contributed by atoms with E-state index in [-0.39, 0.29) is 0 Å². The molecule has 27 heavy (non-hydrogen) atoms. The van der Waals surface area contributed by atoms with Gasteiger partial charge in [0.25, 0.3) is 0 Å². The summed E-state index contributed by atoms with van der Waals surface area (Å²) in [6.07, 6.45) is 0. The van der Waals surface area contributed by atoms with Crippen molar-refractivity contribution in [2.45, 2.75) is 0 Å². The molecule has 0 unspecified atom stereocenters. The van der Waals surface area contributed by atoms with E-state index in [2.05, 4.69) is 121 Å². The van der Waals surface area contributed by atoms with Gasteiger partial charge in [0.1, 0.15) is 0 Å². The Hall–Kier alpha value is -1.83. The first-order valence-electron chi connectivity index (χ1n) is 8.94. The lowest BCUT2D eigenvalue weighted by molar-refractivity contribution is 1.76. The Morgan fingerprint density at radius 2 is 0.556 bits per heavy atom. The molecule has 4 aromatic rings. The molecule has 0 aromatic heterocycles.